The van der Waals surface area contributed by atoms with Gasteiger partial charge in [-0.1, -0.05) is 5.16 Å². The Morgan fingerprint density at radius 2 is 2.05 bits per heavy atom. The molecule has 5 amide bonds. The summed E-state index contributed by atoms with van der Waals surface area (Å²) in [5, 5.41) is 25.0. The summed E-state index contributed by atoms with van der Waals surface area (Å²) < 4.78 is 5.19. The number of amides is 5. The average Bonchev–Trinajstić information content (AvgIpc) is 3.29. The molecular weight excluding hydrogens is 510 g/mol. The van der Waals surface area contributed by atoms with E-state index < -0.39 is 47.2 Å². The Hall–Kier alpha value is -3.95. The van der Waals surface area contributed by atoms with Crippen LogP contribution in [-0.2, 0) is 24.0 Å². The van der Waals surface area contributed by atoms with Gasteiger partial charge in [-0.3, -0.25) is 14.9 Å². The molecule has 1 aromatic heterocycles. The van der Waals surface area contributed by atoms with Crippen molar-refractivity contribution in [3.8, 4) is 0 Å². The van der Waals surface area contributed by atoms with Gasteiger partial charge in [-0.05, 0) is 20.8 Å². The number of ether oxygens (including phenoxy) is 1. The summed E-state index contributed by atoms with van der Waals surface area (Å²) in [4.78, 5) is 71.7. The van der Waals surface area contributed by atoms with Gasteiger partial charge in [0.2, 0.25) is 11.5 Å². The first-order valence-electron chi connectivity index (χ1n) is 11.5. The summed E-state index contributed by atoms with van der Waals surface area (Å²) in [5.41, 5.74) is -2.66. The molecular formula is C21H27N7O8S. The van der Waals surface area contributed by atoms with Gasteiger partial charge in [-0.2, -0.15) is 0 Å². The number of aromatic nitrogens is 1. The second-order valence-electron chi connectivity index (χ2n) is 9.74. The van der Waals surface area contributed by atoms with Gasteiger partial charge in [0, 0.05) is 37.9 Å². The van der Waals surface area contributed by atoms with E-state index in [-0.39, 0.29) is 42.0 Å². The van der Waals surface area contributed by atoms with E-state index in [1.165, 1.54) is 10.3 Å². The Kier molecular flexibility index (Phi) is 6.94. The molecule has 0 spiro atoms. The third-order valence-electron chi connectivity index (χ3n) is 5.64. The van der Waals surface area contributed by atoms with E-state index in [1.807, 2.05) is 0 Å². The number of nitrogens with one attached hydrogen (secondary N) is 4. The predicted octanol–water partition coefficient (Wildman–Crippen LogP) is -0.164. The molecule has 2 aliphatic heterocycles. The molecule has 1 aromatic rings. The quantitative estimate of drug-likeness (QED) is 0.161. The number of hydrogen-bond acceptors (Lipinski definition) is 10. The maximum atomic E-state index is 13.2. The molecule has 0 aromatic carbocycles. The third kappa shape index (κ3) is 6.07. The minimum absolute atomic E-state index is 0.00931. The van der Waals surface area contributed by atoms with Gasteiger partial charge >= 0.3 is 18.1 Å². The fourth-order valence-electron chi connectivity index (χ4n) is 3.52. The van der Waals surface area contributed by atoms with E-state index in [4.69, 9.17) is 9.57 Å². The van der Waals surface area contributed by atoms with Crippen LogP contribution in [0.2, 0.25) is 0 Å². The summed E-state index contributed by atoms with van der Waals surface area (Å²) in [5.74, 6) is -2.51. The molecule has 200 valence electrons. The Morgan fingerprint density at radius 3 is 2.62 bits per heavy atom. The van der Waals surface area contributed by atoms with Crippen LogP contribution in [-0.4, -0.2) is 93.5 Å². The number of urea groups is 1. The number of hydrogen-bond donors (Lipinski definition) is 5. The zero-order valence-electron chi connectivity index (χ0n) is 20.3. The highest BCUT2D eigenvalue weighted by Crippen LogP contribution is 2.40. The van der Waals surface area contributed by atoms with Crippen molar-refractivity contribution in [3.63, 3.8) is 0 Å². The molecule has 2 saturated heterocycles. The summed E-state index contributed by atoms with van der Waals surface area (Å²) in [6.45, 7) is 6.23. The number of carboxylic acids is 1. The molecule has 0 radical (unpaired) electrons. The lowest BCUT2D eigenvalue weighted by molar-refractivity contribution is -0.153. The van der Waals surface area contributed by atoms with Gasteiger partial charge in [-0.25, -0.2) is 19.4 Å². The van der Waals surface area contributed by atoms with E-state index in [1.54, 1.807) is 20.8 Å². The summed E-state index contributed by atoms with van der Waals surface area (Å²) in [7, 11) is 0. The van der Waals surface area contributed by atoms with Crippen molar-refractivity contribution < 1.29 is 38.7 Å². The first-order chi connectivity index (χ1) is 17.4. The topological polar surface area (TPSA) is 201 Å². The summed E-state index contributed by atoms with van der Waals surface area (Å²) >= 11 is 0.980. The van der Waals surface area contributed by atoms with Crippen LogP contribution in [0.4, 0.5) is 14.7 Å². The van der Waals surface area contributed by atoms with Crippen molar-refractivity contribution in [2.45, 2.75) is 56.9 Å². The van der Waals surface area contributed by atoms with Crippen LogP contribution in [0.1, 0.15) is 39.3 Å². The number of carbonyl (C=O) groups is 5. The molecule has 0 unspecified atom stereocenters. The number of β-lactam (4-membered cyclic amide) rings is 1. The van der Waals surface area contributed by atoms with Crippen LogP contribution in [0.15, 0.2) is 10.5 Å². The molecule has 37 heavy (non-hydrogen) atoms. The fourth-order valence-corrected chi connectivity index (χ4v) is 4.20. The fraction of sp³-hybridized carbons (Fsp3) is 0.571. The minimum Gasteiger partial charge on any atom is -0.478 e. The van der Waals surface area contributed by atoms with E-state index in [0.29, 0.717) is 13.1 Å². The van der Waals surface area contributed by atoms with Crippen molar-refractivity contribution in [1.29, 1.82) is 0 Å². The number of nitrogens with zero attached hydrogens (tertiary/aromatic N) is 3. The molecule has 15 nitrogen and oxygen atoms in total. The number of rotatable bonds is 9. The Labute approximate surface area is 214 Å². The average molecular weight is 538 g/mol. The third-order valence-corrected chi connectivity index (χ3v) is 6.39. The van der Waals surface area contributed by atoms with Crippen molar-refractivity contribution in [1.82, 2.24) is 25.8 Å². The second-order valence-corrected chi connectivity index (χ2v) is 10.6. The molecule has 3 fully saturated rings. The van der Waals surface area contributed by atoms with Crippen molar-refractivity contribution in [3.05, 3.63) is 11.1 Å². The van der Waals surface area contributed by atoms with Crippen LogP contribution < -0.4 is 21.3 Å². The lowest BCUT2D eigenvalue weighted by atomic mass is 9.98. The first-order valence-corrected chi connectivity index (χ1v) is 12.3. The first kappa shape index (κ1) is 26.1. The van der Waals surface area contributed by atoms with E-state index >= 15 is 0 Å². The molecule has 3 heterocycles. The monoisotopic (exact) mass is 537 g/mol. The van der Waals surface area contributed by atoms with Crippen molar-refractivity contribution in [2.75, 3.05) is 25.0 Å². The van der Waals surface area contributed by atoms with Crippen molar-refractivity contribution >= 4 is 52.1 Å². The molecule has 3 aliphatic rings. The molecule has 1 saturated carbocycles. The highest BCUT2D eigenvalue weighted by Gasteiger charge is 2.55. The Balaban J connectivity index is 1.49. The minimum atomic E-state index is -1.53. The number of carbonyl (C=O) groups excluding carboxylic acids is 4. The number of carboxylic acid groups (broad SMARTS) is 1. The van der Waals surface area contributed by atoms with Crippen LogP contribution in [0.25, 0.3) is 0 Å². The smallest absolute Gasteiger partial charge is 0.413 e. The Morgan fingerprint density at radius 1 is 1.32 bits per heavy atom. The maximum Gasteiger partial charge on any atom is 0.413 e. The highest BCUT2D eigenvalue weighted by molar-refractivity contribution is 7.14. The van der Waals surface area contributed by atoms with Crippen LogP contribution in [0.5, 0.6) is 0 Å². The highest BCUT2D eigenvalue weighted by atomic mass is 32.1. The maximum absolute atomic E-state index is 13.2. The van der Waals surface area contributed by atoms with Gasteiger partial charge in [0.1, 0.15) is 17.3 Å². The molecule has 1 aliphatic carbocycles. The lowest BCUT2D eigenvalue weighted by Crippen LogP contribution is -2.72. The number of oxime groups is 1. The van der Waals surface area contributed by atoms with E-state index in [2.05, 4.69) is 31.4 Å². The van der Waals surface area contributed by atoms with Crippen LogP contribution >= 0.6 is 11.3 Å². The molecule has 5 N–H and O–H groups in total. The standard InChI is InChI=1S/C21H27N7O8S/c1-20(2,3)35-19(34)26-17-24-11(9-37-17)13(27-36-21(4-5-21)16(31)32)15(30)25-12-10(23-14(12)29)8-28-7-6-22-18(28)33/h9-10,12H,4-8H2,1-3H3,(H,22,33)(H,23,29)(H,25,30)(H,31,32)(H,24,26,34)/t10-,12+/m1/s1. The van der Waals surface area contributed by atoms with Crippen molar-refractivity contribution in [2.24, 2.45) is 5.16 Å². The Bertz CT molecular complexity index is 1160. The zero-order chi connectivity index (χ0) is 27.0. The van der Waals surface area contributed by atoms with Gasteiger partial charge in [-0.15, -0.1) is 11.3 Å². The summed E-state index contributed by atoms with van der Waals surface area (Å²) in [6, 6.07) is -1.76. The largest absolute Gasteiger partial charge is 0.478 e. The van der Waals surface area contributed by atoms with Gasteiger partial charge in [0.25, 0.3) is 5.91 Å². The SMILES string of the molecule is CC(C)(C)OC(=O)Nc1nc(C(=NOC2(C(=O)O)CC2)C(=O)N[C@@H]2C(=O)N[C@@H]2CN2CCNC2=O)cs1. The zero-order valence-corrected chi connectivity index (χ0v) is 21.1. The molecule has 0 bridgehead atoms. The van der Waals surface area contributed by atoms with Crippen LogP contribution in [0, 0.1) is 0 Å². The van der Waals surface area contributed by atoms with Crippen LogP contribution in [0.3, 0.4) is 0 Å². The van der Waals surface area contributed by atoms with Gasteiger partial charge in [0.05, 0.1) is 6.04 Å². The molecule has 2 atom stereocenters. The normalized spacial score (nSPS) is 22.4. The van der Waals surface area contributed by atoms with Gasteiger partial charge in [0.15, 0.2) is 10.8 Å². The number of anilines is 1. The van der Waals surface area contributed by atoms with E-state index in [9.17, 15) is 29.1 Å². The van der Waals surface area contributed by atoms with Gasteiger partial charge < -0.3 is 35.5 Å². The number of aliphatic carboxylic acids is 1. The molecule has 4 rings (SSSR count). The molecule has 16 heteroatoms. The van der Waals surface area contributed by atoms with E-state index in [0.717, 1.165) is 11.3 Å². The second kappa shape index (κ2) is 9.84. The number of thiazole rings is 1. The predicted molar refractivity (Wildman–Crippen MR) is 128 cm³/mol. The summed E-state index contributed by atoms with van der Waals surface area (Å²) in [6.07, 6.45) is -0.321. The lowest BCUT2D eigenvalue weighted by Gasteiger charge is -2.38.